The summed E-state index contributed by atoms with van der Waals surface area (Å²) in [5.74, 6) is -0.630. The lowest BCUT2D eigenvalue weighted by Crippen LogP contribution is -2.43. The fourth-order valence-electron chi connectivity index (χ4n) is 3.85. The summed E-state index contributed by atoms with van der Waals surface area (Å²) >= 11 is 0. The van der Waals surface area contributed by atoms with E-state index < -0.39 is 21.0 Å². The van der Waals surface area contributed by atoms with Crippen molar-refractivity contribution in [3.8, 4) is 17.2 Å². The van der Waals surface area contributed by atoms with Crippen molar-refractivity contribution in [1.29, 1.82) is 5.26 Å². The molecule has 170 valence electrons. The molecule has 3 rings (SSSR count). The largest absolute Gasteiger partial charge is 0.369 e. The van der Waals surface area contributed by atoms with Crippen LogP contribution in [0, 0.1) is 17.2 Å². The standard InChI is InChI=1S/C24H30N4O3S/c1-18(2)16-23(24(29)27-11-10-25)32(30,31)22-5-3-4-20(17-22)19-6-8-21(9-7-19)28-14-12-26-13-15-28/h3-9,17-18,23,26H,11-16H2,1-2H3,(H,27,29). The lowest BCUT2D eigenvalue weighted by molar-refractivity contribution is -0.120. The predicted octanol–water partition coefficient (Wildman–Crippen LogP) is 2.59. The molecule has 0 aliphatic carbocycles. The second kappa shape index (κ2) is 10.6. The third kappa shape index (κ3) is 5.67. The Morgan fingerprint density at radius 1 is 1.12 bits per heavy atom. The van der Waals surface area contributed by atoms with Crippen LogP contribution in [-0.2, 0) is 14.6 Å². The van der Waals surface area contributed by atoms with Crippen LogP contribution in [0.2, 0.25) is 0 Å². The summed E-state index contributed by atoms with van der Waals surface area (Å²) in [6.45, 7) is 7.36. The molecule has 1 aliphatic heterocycles. The Bertz CT molecular complexity index is 1070. The van der Waals surface area contributed by atoms with E-state index in [0.717, 1.165) is 43.0 Å². The summed E-state index contributed by atoms with van der Waals surface area (Å²) in [5.41, 5.74) is 2.83. The predicted molar refractivity (Wildman–Crippen MR) is 126 cm³/mol. The quantitative estimate of drug-likeness (QED) is 0.595. The van der Waals surface area contributed by atoms with Gasteiger partial charge in [-0.3, -0.25) is 4.79 Å². The fraction of sp³-hybridized carbons (Fsp3) is 0.417. The average molecular weight is 455 g/mol. The van der Waals surface area contributed by atoms with Gasteiger partial charge in [-0.05, 0) is 47.7 Å². The fourth-order valence-corrected chi connectivity index (χ4v) is 5.74. The molecule has 0 bridgehead atoms. The minimum absolute atomic E-state index is 0.00308. The lowest BCUT2D eigenvalue weighted by Gasteiger charge is -2.29. The molecule has 1 heterocycles. The summed E-state index contributed by atoms with van der Waals surface area (Å²) in [6, 6.07) is 16.6. The van der Waals surface area contributed by atoms with E-state index in [1.54, 1.807) is 12.1 Å². The second-order valence-corrected chi connectivity index (χ2v) is 10.5. The number of carbonyl (C=O) groups is 1. The monoisotopic (exact) mass is 454 g/mol. The molecule has 0 spiro atoms. The average Bonchev–Trinajstić information content (AvgIpc) is 2.81. The zero-order chi connectivity index (χ0) is 23.1. The van der Waals surface area contributed by atoms with E-state index in [0.29, 0.717) is 0 Å². The first-order valence-electron chi connectivity index (χ1n) is 10.9. The van der Waals surface area contributed by atoms with E-state index in [2.05, 4.69) is 27.7 Å². The molecule has 1 amide bonds. The molecule has 1 unspecified atom stereocenters. The normalized spacial score (nSPS) is 15.2. The van der Waals surface area contributed by atoms with Crippen molar-refractivity contribution in [2.75, 3.05) is 37.6 Å². The minimum Gasteiger partial charge on any atom is -0.369 e. The number of hydrogen-bond donors (Lipinski definition) is 2. The highest BCUT2D eigenvalue weighted by molar-refractivity contribution is 7.92. The number of amides is 1. The third-order valence-electron chi connectivity index (χ3n) is 5.54. The minimum atomic E-state index is -3.92. The molecule has 0 saturated carbocycles. The number of hydrogen-bond acceptors (Lipinski definition) is 6. The van der Waals surface area contributed by atoms with Crippen molar-refractivity contribution in [2.45, 2.75) is 30.4 Å². The summed E-state index contributed by atoms with van der Waals surface area (Å²) in [6.07, 6.45) is 0.184. The molecule has 1 aliphatic rings. The van der Waals surface area contributed by atoms with Crippen LogP contribution in [0.5, 0.6) is 0 Å². The molecule has 2 aromatic rings. The maximum absolute atomic E-state index is 13.4. The van der Waals surface area contributed by atoms with E-state index in [1.165, 1.54) is 6.07 Å². The Balaban J connectivity index is 1.87. The summed E-state index contributed by atoms with van der Waals surface area (Å²) in [5, 5.41) is 13.3. The number of carbonyl (C=O) groups excluding carboxylic acids is 1. The lowest BCUT2D eigenvalue weighted by atomic mass is 10.1. The molecule has 1 saturated heterocycles. The van der Waals surface area contributed by atoms with Crippen molar-refractivity contribution in [2.24, 2.45) is 5.92 Å². The van der Waals surface area contributed by atoms with Gasteiger partial charge in [-0.1, -0.05) is 38.1 Å². The van der Waals surface area contributed by atoms with E-state index in [9.17, 15) is 13.2 Å². The Kier molecular flexibility index (Phi) is 7.89. The molecular formula is C24H30N4O3S. The van der Waals surface area contributed by atoms with Crippen LogP contribution in [0.4, 0.5) is 5.69 Å². The highest BCUT2D eigenvalue weighted by atomic mass is 32.2. The number of rotatable bonds is 8. The van der Waals surface area contributed by atoms with Crippen LogP contribution in [0.15, 0.2) is 53.4 Å². The zero-order valence-electron chi connectivity index (χ0n) is 18.5. The van der Waals surface area contributed by atoms with Gasteiger partial charge in [0, 0.05) is 31.9 Å². The van der Waals surface area contributed by atoms with Crippen LogP contribution >= 0.6 is 0 Å². The van der Waals surface area contributed by atoms with E-state index >= 15 is 0 Å². The molecule has 2 aromatic carbocycles. The van der Waals surface area contributed by atoms with Gasteiger partial charge < -0.3 is 15.5 Å². The third-order valence-corrected chi connectivity index (χ3v) is 7.61. The van der Waals surface area contributed by atoms with Gasteiger partial charge in [0.1, 0.15) is 11.8 Å². The van der Waals surface area contributed by atoms with Crippen LogP contribution < -0.4 is 15.5 Å². The SMILES string of the molecule is CC(C)CC(C(=O)NCC#N)S(=O)(=O)c1cccc(-c2ccc(N3CCNCC3)cc2)c1. The van der Waals surface area contributed by atoms with Gasteiger partial charge in [-0.2, -0.15) is 5.26 Å². The van der Waals surface area contributed by atoms with E-state index in [-0.39, 0.29) is 23.8 Å². The number of nitrogens with zero attached hydrogens (tertiary/aromatic N) is 2. The van der Waals surface area contributed by atoms with Gasteiger partial charge in [0.25, 0.3) is 0 Å². The number of piperazine rings is 1. The van der Waals surface area contributed by atoms with Crippen molar-refractivity contribution < 1.29 is 13.2 Å². The van der Waals surface area contributed by atoms with Crippen LogP contribution in [0.1, 0.15) is 20.3 Å². The molecule has 2 N–H and O–H groups in total. The first kappa shape index (κ1) is 23.8. The first-order valence-corrected chi connectivity index (χ1v) is 12.4. The van der Waals surface area contributed by atoms with Gasteiger partial charge in [-0.15, -0.1) is 0 Å². The number of anilines is 1. The Morgan fingerprint density at radius 2 is 1.81 bits per heavy atom. The molecule has 0 radical (unpaired) electrons. The van der Waals surface area contributed by atoms with Crippen molar-refractivity contribution in [3.63, 3.8) is 0 Å². The smallest absolute Gasteiger partial charge is 0.239 e. The van der Waals surface area contributed by atoms with Gasteiger partial charge in [-0.25, -0.2) is 8.42 Å². The highest BCUT2D eigenvalue weighted by Gasteiger charge is 2.34. The van der Waals surface area contributed by atoms with Crippen molar-refractivity contribution >= 4 is 21.4 Å². The number of benzene rings is 2. The molecule has 0 aromatic heterocycles. The number of sulfone groups is 1. The Labute approximate surface area is 190 Å². The Hall–Kier alpha value is -2.89. The van der Waals surface area contributed by atoms with Gasteiger partial charge in [0.15, 0.2) is 9.84 Å². The van der Waals surface area contributed by atoms with Gasteiger partial charge >= 0.3 is 0 Å². The van der Waals surface area contributed by atoms with Crippen LogP contribution in [-0.4, -0.2) is 52.3 Å². The summed E-state index contributed by atoms with van der Waals surface area (Å²) < 4.78 is 26.7. The maximum atomic E-state index is 13.4. The Morgan fingerprint density at radius 3 is 2.44 bits per heavy atom. The second-order valence-electron chi connectivity index (χ2n) is 8.35. The number of nitrogens with one attached hydrogen (secondary N) is 2. The molecule has 1 atom stereocenters. The molecule has 1 fully saturated rings. The topological polar surface area (TPSA) is 102 Å². The summed E-state index contributed by atoms with van der Waals surface area (Å²) in [4.78, 5) is 15.0. The van der Waals surface area contributed by atoms with Crippen LogP contribution in [0.3, 0.4) is 0 Å². The van der Waals surface area contributed by atoms with E-state index in [1.807, 2.05) is 38.1 Å². The van der Waals surface area contributed by atoms with Crippen LogP contribution in [0.25, 0.3) is 11.1 Å². The molecule has 7 nitrogen and oxygen atoms in total. The summed E-state index contributed by atoms with van der Waals surface area (Å²) in [7, 11) is -3.92. The van der Waals surface area contributed by atoms with Gasteiger partial charge in [0.05, 0.1) is 11.0 Å². The van der Waals surface area contributed by atoms with Crippen molar-refractivity contribution in [1.82, 2.24) is 10.6 Å². The first-order chi connectivity index (χ1) is 15.3. The molecule has 8 heteroatoms. The van der Waals surface area contributed by atoms with E-state index in [4.69, 9.17) is 5.26 Å². The zero-order valence-corrected chi connectivity index (χ0v) is 19.4. The van der Waals surface area contributed by atoms with Gasteiger partial charge in [0.2, 0.25) is 5.91 Å². The maximum Gasteiger partial charge on any atom is 0.239 e. The highest BCUT2D eigenvalue weighted by Crippen LogP contribution is 2.28. The molecular weight excluding hydrogens is 424 g/mol. The van der Waals surface area contributed by atoms with Crippen molar-refractivity contribution in [3.05, 3.63) is 48.5 Å². The number of nitriles is 1. The molecule has 32 heavy (non-hydrogen) atoms.